The molecule has 23 heavy (non-hydrogen) atoms. The molecule has 0 aromatic carbocycles. The smallest absolute Gasteiger partial charge is 0.294 e. The molecule has 3 heterocycles. The molecule has 0 radical (unpaired) electrons. The van der Waals surface area contributed by atoms with Gasteiger partial charge in [-0.1, -0.05) is 0 Å². The van der Waals surface area contributed by atoms with Gasteiger partial charge in [0, 0.05) is 18.7 Å². The SMILES string of the molecule is C[C@H]1CCCCN1C(=O)CN1C(=O)S/C(=C\c2ccco2)C1=O. The van der Waals surface area contributed by atoms with E-state index in [2.05, 4.69) is 0 Å². The van der Waals surface area contributed by atoms with Gasteiger partial charge in [-0.15, -0.1) is 0 Å². The minimum absolute atomic E-state index is 0.162. The summed E-state index contributed by atoms with van der Waals surface area (Å²) in [7, 11) is 0. The number of piperidine rings is 1. The van der Waals surface area contributed by atoms with E-state index in [0.717, 1.165) is 35.9 Å². The lowest BCUT2D eigenvalue weighted by molar-refractivity contribution is -0.138. The monoisotopic (exact) mass is 334 g/mol. The Labute approximate surface area is 138 Å². The minimum atomic E-state index is -0.436. The number of likely N-dealkylation sites (tertiary alicyclic amines) is 1. The van der Waals surface area contributed by atoms with Crippen LogP contribution in [0.2, 0.25) is 0 Å². The van der Waals surface area contributed by atoms with Crippen molar-refractivity contribution < 1.29 is 18.8 Å². The second-order valence-corrected chi connectivity index (χ2v) is 6.71. The minimum Gasteiger partial charge on any atom is -0.465 e. The van der Waals surface area contributed by atoms with Crippen LogP contribution in [0.1, 0.15) is 31.9 Å². The van der Waals surface area contributed by atoms with E-state index in [1.807, 2.05) is 6.92 Å². The number of carbonyl (C=O) groups is 3. The van der Waals surface area contributed by atoms with Gasteiger partial charge in [0.15, 0.2) is 0 Å². The zero-order valence-corrected chi connectivity index (χ0v) is 13.7. The predicted octanol–water partition coefficient (Wildman–Crippen LogP) is 2.72. The lowest BCUT2D eigenvalue weighted by Crippen LogP contribution is -2.47. The van der Waals surface area contributed by atoms with Crippen molar-refractivity contribution in [2.24, 2.45) is 0 Å². The average molecular weight is 334 g/mol. The maximum atomic E-state index is 12.4. The van der Waals surface area contributed by atoms with Gasteiger partial charge in [-0.2, -0.15) is 0 Å². The highest BCUT2D eigenvalue weighted by atomic mass is 32.2. The first-order valence-electron chi connectivity index (χ1n) is 7.64. The van der Waals surface area contributed by atoms with Gasteiger partial charge in [-0.3, -0.25) is 19.3 Å². The molecule has 0 spiro atoms. The third-order valence-electron chi connectivity index (χ3n) is 4.11. The van der Waals surface area contributed by atoms with Crippen LogP contribution in [0.15, 0.2) is 27.7 Å². The summed E-state index contributed by atoms with van der Waals surface area (Å²) < 4.78 is 5.16. The third kappa shape index (κ3) is 3.34. The highest BCUT2D eigenvalue weighted by Gasteiger charge is 2.38. The molecule has 122 valence electrons. The van der Waals surface area contributed by atoms with Crippen molar-refractivity contribution in [3.05, 3.63) is 29.1 Å². The van der Waals surface area contributed by atoms with Crippen LogP contribution < -0.4 is 0 Å². The van der Waals surface area contributed by atoms with Crippen LogP contribution in [0, 0.1) is 0 Å². The maximum Gasteiger partial charge on any atom is 0.294 e. The first-order valence-corrected chi connectivity index (χ1v) is 8.46. The topological polar surface area (TPSA) is 70.8 Å². The zero-order chi connectivity index (χ0) is 16.4. The Kier molecular flexibility index (Phi) is 4.56. The van der Waals surface area contributed by atoms with Crippen molar-refractivity contribution >= 4 is 34.9 Å². The summed E-state index contributed by atoms with van der Waals surface area (Å²) in [4.78, 5) is 39.9. The Bertz CT molecular complexity index is 653. The summed E-state index contributed by atoms with van der Waals surface area (Å²) in [5, 5.41) is -0.411. The number of nitrogens with zero attached hydrogens (tertiary/aromatic N) is 2. The number of furan rings is 1. The Balaban J connectivity index is 1.69. The Morgan fingerprint density at radius 3 is 2.96 bits per heavy atom. The average Bonchev–Trinajstić information content (AvgIpc) is 3.12. The Morgan fingerprint density at radius 1 is 1.43 bits per heavy atom. The lowest BCUT2D eigenvalue weighted by Gasteiger charge is -2.34. The molecule has 7 heteroatoms. The van der Waals surface area contributed by atoms with E-state index in [9.17, 15) is 14.4 Å². The quantitative estimate of drug-likeness (QED) is 0.795. The van der Waals surface area contributed by atoms with Gasteiger partial charge in [0.1, 0.15) is 12.3 Å². The van der Waals surface area contributed by atoms with Crippen LogP contribution in [-0.4, -0.2) is 46.0 Å². The summed E-state index contributed by atoms with van der Waals surface area (Å²) in [5.74, 6) is -0.0976. The van der Waals surface area contributed by atoms with Crippen LogP contribution in [0.3, 0.4) is 0 Å². The molecule has 0 aliphatic carbocycles. The Hall–Kier alpha value is -2.02. The van der Waals surface area contributed by atoms with Crippen molar-refractivity contribution in [2.45, 2.75) is 32.2 Å². The third-order valence-corrected chi connectivity index (χ3v) is 5.01. The number of hydrogen-bond acceptors (Lipinski definition) is 5. The molecule has 3 rings (SSSR count). The summed E-state index contributed by atoms with van der Waals surface area (Å²) in [6.07, 6.45) is 6.07. The number of thioether (sulfide) groups is 1. The summed E-state index contributed by atoms with van der Waals surface area (Å²) in [6, 6.07) is 3.57. The van der Waals surface area contributed by atoms with Crippen LogP contribution in [0.4, 0.5) is 4.79 Å². The predicted molar refractivity (Wildman–Crippen MR) is 86.4 cm³/mol. The molecule has 2 aliphatic heterocycles. The van der Waals surface area contributed by atoms with E-state index in [4.69, 9.17) is 4.42 Å². The molecule has 2 aliphatic rings. The molecule has 2 fully saturated rings. The van der Waals surface area contributed by atoms with Crippen molar-refractivity contribution in [3.63, 3.8) is 0 Å². The van der Waals surface area contributed by atoms with Crippen molar-refractivity contribution in [2.75, 3.05) is 13.1 Å². The van der Waals surface area contributed by atoms with E-state index in [1.165, 1.54) is 12.3 Å². The van der Waals surface area contributed by atoms with Crippen molar-refractivity contribution in [1.29, 1.82) is 0 Å². The number of hydrogen-bond donors (Lipinski definition) is 0. The van der Waals surface area contributed by atoms with Gasteiger partial charge in [0.2, 0.25) is 5.91 Å². The molecule has 1 aromatic heterocycles. The fraction of sp³-hybridized carbons (Fsp3) is 0.438. The summed E-state index contributed by atoms with van der Waals surface area (Å²) >= 11 is 0.837. The highest BCUT2D eigenvalue weighted by Crippen LogP contribution is 2.32. The molecule has 0 bridgehead atoms. The maximum absolute atomic E-state index is 12.4. The van der Waals surface area contributed by atoms with E-state index in [0.29, 0.717) is 12.3 Å². The molecule has 1 aromatic rings. The zero-order valence-electron chi connectivity index (χ0n) is 12.9. The second-order valence-electron chi connectivity index (χ2n) is 5.72. The lowest BCUT2D eigenvalue weighted by atomic mass is 10.0. The van der Waals surface area contributed by atoms with Crippen molar-refractivity contribution in [3.8, 4) is 0 Å². The van der Waals surface area contributed by atoms with E-state index < -0.39 is 11.1 Å². The number of carbonyl (C=O) groups excluding carboxylic acids is 3. The molecule has 0 saturated carbocycles. The second kappa shape index (κ2) is 6.62. The fourth-order valence-electron chi connectivity index (χ4n) is 2.83. The Morgan fingerprint density at radius 2 is 2.26 bits per heavy atom. The summed E-state index contributed by atoms with van der Waals surface area (Å²) in [5.41, 5.74) is 0. The van der Waals surface area contributed by atoms with Gasteiger partial charge >= 0.3 is 0 Å². The van der Waals surface area contributed by atoms with Gasteiger partial charge in [0.25, 0.3) is 11.1 Å². The number of amides is 3. The van der Waals surface area contributed by atoms with Crippen LogP contribution >= 0.6 is 11.8 Å². The standard InChI is InChI=1S/C16H18N2O4S/c1-11-5-2-3-7-17(11)14(19)10-18-15(20)13(23-16(18)21)9-12-6-4-8-22-12/h4,6,8-9,11H,2-3,5,7,10H2,1H3/b13-9-/t11-/m0/s1. The van der Waals surface area contributed by atoms with Gasteiger partial charge < -0.3 is 9.32 Å². The molecule has 6 nitrogen and oxygen atoms in total. The largest absolute Gasteiger partial charge is 0.465 e. The van der Waals surface area contributed by atoms with Gasteiger partial charge in [-0.25, -0.2) is 0 Å². The molecule has 1 atom stereocenters. The summed E-state index contributed by atoms with van der Waals surface area (Å²) in [6.45, 7) is 2.50. The van der Waals surface area contributed by atoms with Crippen molar-refractivity contribution in [1.82, 2.24) is 9.80 Å². The molecule has 0 N–H and O–H groups in total. The van der Waals surface area contributed by atoms with Crippen LogP contribution in [0.5, 0.6) is 0 Å². The molecule has 2 saturated heterocycles. The van der Waals surface area contributed by atoms with E-state index in [-0.39, 0.29) is 23.4 Å². The normalized spacial score (nSPS) is 23.9. The fourth-order valence-corrected chi connectivity index (χ4v) is 3.65. The molecule has 3 amide bonds. The van der Waals surface area contributed by atoms with Gasteiger partial charge in [-0.05, 0) is 50.1 Å². The molecular weight excluding hydrogens is 316 g/mol. The van der Waals surface area contributed by atoms with E-state index >= 15 is 0 Å². The molecular formula is C16H18N2O4S. The van der Waals surface area contributed by atoms with E-state index in [1.54, 1.807) is 17.0 Å². The highest BCUT2D eigenvalue weighted by molar-refractivity contribution is 8.18. The van der Waals surface area contributed by atoms with Crippen LogP contribution in [0.25, 0.3) is 6.08 Å². The first kappa shape index (κ1) is 15.9. The number of imide groups is 1. The number of rotatable bonds is 3. The first-order chi connectivity index (χ1) is 11.1. The molecule has 0 unspecified atom stereocenters. The van der Waals surface area contributed by atoms with Gasteiger partial charge in [0.05, 0.1) is 11.2 Å². The van der Waals surface area contributed by atoms with Crippen LogP contribution in [-0.2, 0) is 9.59 Å².